The average molecular weight is 298 g/mol. The molecular formula is C13H16BrNO2. The summed E-state index contributed by atoms with van der Waals surface area (Å²) in [7, 11) is 0. The zero-order valence-electron chi connectivity index (χ0n) is 9.69. The van der Waals surface area contributed by atoms with Crippen molar-refractivity contribution >= 4 is 21.8 Å². The number of halogens is 1. The van der Waals surface area contributed by atoms with Crippen molar-refractivity contribution in [3.05, 3.63) is 28.7 Å². The molecule has 0 aromatic heterocycles. The van der Waals surface area contributed by atoms with E-state index in [1.54, 1.807) is 0 Å². The van der Waals surface area contributed by atoms with E-state index in [2.05, 4.69) is 15.9 Å². The fraction of sp³-hybridized carbons (Fsp3) is 0.462. The van der Waals surface area contributed by atoms with Crippen LogP contribution >= 0.6 is 15.9 Å². The molecule has 17 heavy (non-hydrogen) atoms. The van der Waals surface area contributed by atoms with Crippen LogP contribution in [0, 0.1) is 0 Å². The second kappa shape index (κ2) is 6.05. The van der Waals surface area contributed by atoms with Gasteiger partial charge in [0, 0.05) is 24.0 Å². The fourth-order valence-electron chi connectivity index (χ4n) is 1.94. The SMILES string of the molecule is O=C1CCCN1CCCOc1cccc(Br)c1. The first-order chi connectivity index (χ1) is 8.25. The van der Waals surface area contributed by atoms with Crippen molar-refractivity contribution < 1.29 is 9.53 Å². The molecule has 0 spiro atoms. The molecule has 2 rings (SSSR count). The normalized spacial score (nSPS) is 15.4. The first-order valence-corrected chi connectivity index (χ1v) is 6.71. The van der Waals surface area contributed by atoms with Crippen LogP contribution in [-0.4, -0.2) is 30.5 Å². The highest BCUT2D eigenvalue weighted by Crippen LogP contribution is 2.18. The number of carbonyl (C=O) groups excluding carboxylic acids is 1. The van der Waals surface area contributed by atoms with Crippen molar-refractivity contribution in [2.45, 2.75) is 19.3 Å². The summed E-state index contributed by atoms with van der Waals surface area (Å²) < 4.78 is 6.63. The zero-order chi connectivity index (χ0) is 12.1. The molecule has 4 heteroatoms. The van der Waals surface area contributed by atoms with Crippen molar-refractivity contribution in [3.8, 4) is 5.75 Å². The van der Waals surface area contributed by atoms with Crippen LogP contribution in [0.2, 0.25) is 0 Å². The number of rotatable bonds is 5. The number of nitrogens with zero attached hydrogens (tertiary/aromatic N) is 1. The minimum atomic E-state index is 0.285. The predicted molar refractivity (Wildman–Crippen MR) is 70.1 cm³/mol. The molecule has 0 aliphatic carbocycles. The van der Waals surface area contributed by atoms with E-state index in [0.717, 1.165) is 36.2 Å². The Kier molecular flexibility index (Phi) is 4.42. The maximum absolute atomic E-state index is 11.4. The molecule has 0 N–H and O–H groups in total. The lowest BCUT2D eigenvalue weighted by Crippen LogP contribution is -2.26. The maximum atomic E-state index is 11.4. The van der Waals surface area contributed by atoms with Crippen LogP contribution in [-0.2, 0) is 4.79 Å². The van der Waals surface area contributed by atoms with Crippen molar-refractivity contribution in [2.75, 3.05) is 19.7 Å². The number of hydrogen-bond acceptors (Lipinski definition) is 2. The molecule has 0 saturated carbocycles. The van der Waals surface area contributed by atoms with Gasteiger partial charge in [-0.05, 0) is 31.0 Å². The van der Waals surface area contributed by atoms with Crippen LogP contribution in [0.25, 0.3) is 0 Å². The van der Waals surface area contributed by atoms with Gasteiger partial charge >= 0.3 is 0 Å². The number of ether oxygens (including phenoxy) is 1. The molecule has 0 bridgehead atoms. The molecule has 1 aromatic carbocycles. The molecule has 3 nitrogen and oxygen atoms in total. The molecule has 92 valence electrons. The summed E-state index contributed by atoms with van der Waals surface area (Å²) >= 11 is 3.40. The molecule has 1 fully saturated rings. The Hall–Kier alpha value is -1.03. The molecule has 0 unspecified atom stereocenters. The van der Waals surface area contributed by atoms with Crippen LogP contribution in [0.4, 0.5) is 0 Å². The highest BCUT2D eigenvalue weighted by molar-refractivity contribution is 9.10. The Labute approximate surface area is 110 Å². The van der Waals surface area contributed by atoms with Crippen molar-refractivity contribution in [3.63, 3.8) is 0 Å². The van der Waals surface area contributed by atoms with Crippen molar-refractivity contribution in [2.24, 2.45) is 0 Å². The number of benzene rings is 1. The van der Waals surface area contributed by atoms with E-state index in [4.69, 9.17) is 4.74 Å². The third-order valence-corrected chi connectivity index (χ3v) is 3.30. The quantitative estimate of drug-likeness (QED) is 0.782. The standard InChI is InChI=1S/C13H16BrNO2/c14-11-4-1-5-12(10-11)17-9-3-8-15-7-2-6-13(15)16/h1,4-5,10H,2-3,6-9H2. The maximum Gasteiger partial charge on any atom is 0.222 e. The van der Waals surface area contributed by atoms with E-state index < -0.39 is 0 Å². The van der Waals surface area contributed by atoms with E-state index in [9.17, 15) is 4.79 Å². The second-order valence-corrected chi connectivity index (χ2v) is 5.06. The summed E-state index contributed by atoms with van der Waals surface area (Å²) in [5.74, 6) is 1.15. The summed E-state index contributed by atoms with van der Waals surface area (Å²) in [4.78, 5) is 13.3. The topological polar surface area (TPSA) is 29.5 Å². The lowest BCUT2D eigenvalue weighted by molar-refractivity contribution is -0.127. The molecular weight excluding hydrogens is 282 g/mol. The smallest absolute Gasteiger partial charge is 0.222 e. The third kappa shape index (κ3) is 3.73. The first-order valence-electron chi connectivity index (χ1n) is 5.92. The van der Waals surface area contributed by atoms with Gasteiger partial charge in [-0.25, -0.2) is 0 Å². The molecule has 1 amide bonds. The molecule has 1 saturated heterocycles. The predicted octanol–water partition coefficient (Wildman–Crippen LogP) is 2.84. The number of carbonyl (C=O) groups is 1. The van der Waals surface area contributed by atoms with Crippen molar-refractivity contribution in [1.82, 2.24) is 4.90 Å². The summed E-state index contributed by atoms with van der Waals surface area (Å²) in [5.41, 5.74) is 0. The molecule has 0 atom stereocenters. The second-order valence-electron chi connectivity index (χ2n) is 4.14. The Morgan fingerprint density at radius 3 is 3.00 bits per heavy atom. The third-order valence-electron chi connectivity index (χ3n) is 2.81. The molecule has 1 aliphatic rings. The van der Waals surface area contributed by atoms with E-state index in [-0.39, 0.29) is 5.91 Å². The summed E-state index contributed by atoms with van der Waals surface area (Å²) in [6.07, 6.45) is 2.61. The van der Waals surface area contributed by atoms with E-state index in [1.165, 1.54) is 0 Å². The highest BCUT2D eigenvalue weighted by atomic mass is 79.9. The number of likely N-dealkylation sites (tertiary alicyclic amines) is 1. The van der Waals surface area contributed by atoms with Gasteiger partial charge in [0.2, 0.25) is 5.91 Å². The zero-order valence-corrected chi connectivity index (χ0v) is 11.3. The summed E-state index contributed by atoms with van der Waals surface area (Å²) in [5, 5.41) is 0. The molecule has 1 aliphatic heterocycles. The van der Waals surface area contributed by atoms with Crippen LogP contribution in [0.1, 0.15) is 19.3 Å². The molecule has 0 radical (unpaired) electrons. The van der Waals surface area contributed by atoms with Gasteiger partial charge in [-0.15, -0.1) is 0 Å². The van der Waals surface area contributed by atoms with E-state index >= 15 is 0 Å². The highest BCUT2D eigenvalue weighted by Gasteiger charge is 2.18. The average Bonchev–Trinajstić information content (AvgIpc) is 2.71. The Morgan fingerprint density at radius 2 is 2.29 bits per heavy atom. The van der Waals surface area contributed by atoms with Gasteiger partial charge in [-0.2, -0.15) is 0 Å². The fourth-order valence-corrected chi connectivity index (χ4v) is 2.32. The van der Waals surface area contributed by atoms with Crippen LogP contribution in [0.3, 0.4) is 0 Å². The van der Waals surface area contributed by atoms with Gasteiger partial charge < -0.3 is 9.64 Å². The van der Waals surface area contributed by atoms with Gasteiger partial charge in [-0.1, -0.05) is 22.0 Å². The van der Waals surface area contributed by atoms with E-state index in [0.29, 0.717) is 13.0 Å². The number of hydrogen-bond donors (Lipinski definition) is 0. The van der Waals surface area contributed by atoms with Gasteiger partial charge in [0.05, 0.1) is 6.61 Å². The van der Waals surface area contributed by atoms with Gasteiger partial charge in [0.25, 0.3) is 0 Å². The van der Waals surface area contributed by atoms with Crippen LogP contribution < -0.4 is 4.74 Å². The molecule has 1 heterocycles. The van der Waals surface area contributed by atoms with Gasteiger partial charge in [0.1, 0.15) is 5.75 Å². The van der Waals surface area contributed by atoms with E-state index in [1.807, 2.05) is 29.2 Å². The monoisotopic (exact) mass is 297 g/mol. The Morgan fingerprint density at radius 1 is 1.41 bits per heavy atom. The van der Waals surface area contributed by atoms with Crippen LogP contribution in [0.15, 0.2) is 28.7 Å². The minimum absolute atomic E-state index is 0.285. The summed E-state index contributed by atoms with van der Waals surface area (Å²) in [6, 6.07) is 7.80. The lowest BCUT2D eigenvalue weighted by atomic mass is 10.3. The summed E-state index contributed by atoms with van der Waals surface area (Å²) in [6.45, 7) is 2.38. The minimum Gasteiger partial charge on any atom is -0.493 e. The van der Waals surface area contributed by atoms with Crippen molar-refractivity contribution in [1.29, 1.82) is 0 Å². The number of amides is 1. The van der Waals surface area contributed by atoms with Gasteiger partial charge in [-0.3, -0.25) is 4.79 Å². The lowest BCUT2D eigenvalue weighted by Gasteiger charge is -2.15. The Balaban J connectivity index is 1.68. The largest absolute Gasteiger partial charge is 0.493 e. The van der Waals surface area contributed by atoms with Crippen LogP contribution in [0.5, 0.6) is 5.75 Å². The Bertz CT molecular complexity index is 395. The first kappa shape index (κ1) is 12.4. The molecule has 1 aromatic rings. The van der Waals surface area contributed by atoms with Gasteiger partial charge in [0.15, 0.2) is 0 Å².